The topological polar surface area (TPSA) is 41.9 Å². The van der Waals surface area contributed by atoms with Gasteiger partial charge in [0.1, 0.15) is 5.82 Å². The van der Waals surface area contributed by atoms with E-state index >= 15 is 0 Å². The highest BCUT2D eigenvalue weighted by atomic mass is 35.5. The first-order chi connectivity index (χ1) is 11.8. The van der Waals surface area contributed by atoms with Gasteiger partial charge in [-0.2, -0.15) is 0 Å². The molecule has 1 aliphatic heterocycles. The summed E-state index contributed by atoms with van der Waals surface area (Å²) < 4.78 is 0. The van der Waals surface area contributed by atoms with Crippen LogP contribution in [0.25, 0.3) is 22.6 Å². The molecule has 0 unspecified atom stereocenters. The number of hydrogen-bond donors (Lipinski definition) is 0. The molecule has 0 saturated carbocycles. The average molecular weight is 337 g/mol. The summed E-state index contributed by atoms with van der Waals surface area (Å²) in [6.07, 6.45) is 5.98. The summed E-state index contributed by atoms with van der Waals surface area (Å²) in [6.45, 7) is 2.09. The molecule has 5 heteroatoms. The molecule has 1 aliphatic rings. The highest BCUT2D eigenvalue weighted by Gasteiger charge is 2.17. The van der Waals surface area contributed by atoms with Crippen molar-refractivity contribution in [3.05, 3.63) is 59.9 Å². The third-order valence-corrected chi connectivity index (χ3v) is 4.45. The second-order valence-corrected chi connectivity index (χ2v) is 6.31. The molecular weight excluding hydrogens is 320 g/mol. The largest absolute Gasteiger partial charge is 0.356 e. The van der Waals surface area contributed by atoms with Crippen molar-refractivity contribution in [2.45, 2.75) is 12.8 Å². The van der Waals surface area contributed by atoms with E-state index in [0.29, 0.717) is 5.82 Å². The lowest BCUT2D eigenvalue weighted by atomic mass is 10.1. The Hall–Kier alpha value is -2.46. The number of halogens is 1. The van der Waals surface area contributed by atoms with Gasteiger partial charge in [0.2, 0.25) is 0 Å². The number of benzene rings is 1. The molecule has 1 fully saturated rings. The molecule has 3 aromatic rings. The fourth-order valence-corrected chi connectivity index (χ4v) is 3.06. The van der Waals surface area contributed by atoms with Gasteiger partial charge < -0.3 is 4.90 Å². The van der Waals surface area contributed by atoms with Crippen LogP contribution in [-0.2, 0) is 0 Å². The monoisotopic (exact) mass is 336 g/mol. The fourth-order valence-electron chi connectivity index (χ4n) is 2.94. The first-order valence-corrected chi connectivity index (χ1v) is 8.48. The molecule has 4 rings (SSSR count). The Bertz CT molecular complexity index is 828. The van der Waals surface area contributed by atoms with E-state index in [0.717, 1.165) is 40.8 Å². The van der Waals surface area contributed by atoms with Crippen molar-refractivity contribution in [2.75, 3.05) is 18.0 Å². The average Bonchev–Trinajstić information content (AvgIpc) is 3.17. The van der Waals surface area contributed by atoms with E-state index in [1.54, 1.807) is 12.4 Å². The minimum atomic E-state index is 0.706. The molecule has 3 heterocycles. The van der Waals surface area contributed by atoms with Crippen LogP contribution in [0.15, 0.2) is 54.9 Å². The van der Waals surface area contributed by atoms with Crippen molar-refractivity contribution in [3.8, 4) is 22.6 Å². The van der Waals surface area contributed by atoms with E-state index in [2.05, 4.69) is 16.0 Å². The molecule has 0 N–H and O–H groups in total. The summed E-state index contributed by atoms with van der Waals surface area (Å²) >= 11 is 6.01. The van der Waals surface area contributed by atoms with Crippen molar-refractivity contribution in [2.24, 2.45) is 0 Å². The zero-order chi connectivity index (χ0) is 16.4. The Morgan fingerprint density at radius 1 is 0.917 bits per heavy atom. The molecule has 1 aromatic carbocycles. The lowest BCUT2D eigenvalue weighted by molar-refractivity contribution is 0.930. The number of pyridine rings is 1. The number of nitrogens with zero attached hydrogens (tertiary/aromatic N) is 4. The van der Waals surface area contributed by atoms with Gasteiger partial charge in [-0.15, -0.1) is 0 Å². The SMILES string of the molecule is Clc1ccc(-c2cc(N3CCCC3)nc(-c3cccnc3)n2)cc1. The quantitative estimate of drug-likeness (QED) is 0.708. The van der Waals surface area contributed by atoms with Crippen LogP contribution in [-0.4, -0.2) is 28.0 Å². The van der Waals surface area contributed by atoms with Gasteiger partial charge in [0.25, 0.3) is 0 Å². The Morgan fingerprint density at radius 2 is 1.71 bits per heavy atom. The van der Waals surface area contributed by atoms with Crippen LogP contribution in [0.1, 0.15) is 12.8 Å². The lowest BCUT2D eigenvalue weighted by Gasteiger charge is -2.18. The maximum atomic E-state index is 6.01. The zero-order valence-electron chi connectivity index (χ0n) is 13.2. The van der Waals surface area contributed by atoms with Crippen LogP contribution in [0.5, 0.6) is 0 Å². The Labute approximate surface area is 146 Å². The van der Waals surface area contributed by atoms with Gasteiger partial charge in [-0.1, -0.05) is 23.7 Å². The van der Waals surface area contributed by atoms with Gasteiger partial charge in [0, 0.05) is 47.7 Å². The number of anilines is 1. The van der Waals surface area contributed by atoms with Gasteiger partial charge in [0.15, 0.2) is 5.82 Å². The molecule has 0 bridgehead atoms. The minimum absolute atomic E-state index is 0.706. The van der Waals surface area contributed by atoms with E-state index in [9.17, 15) is 0 Å². The summed E-state index contributed by atoms with van der Waals surface area (Å²) in [5, 5.41) is 0.722. The van der Waals surface area contributed by atoms with Crippen molar-refractivity contribution in [3.63, 3.8) is 0 Å². The normalized spacial score (nSPS) is 14.1. The predicted molar refractivity (Wildman–Crippen MR) is 97.2 cm³/mol. The highest BCUT2D eigenvalue weighted by molar-refractivity contribution is 6.30. The highest BCUT2D eigenvalue weighted by Crippen LogP contribution is 2.28. The molecule has 4 nitrogen and oxygen atoms in total. The van der Waals surface area contributed by atoms with Gasteiger partial charge >= 0.3 is 0 Å². The smallest absolute Gasteiger partial charge is 0.163 e. The van der Waals surface area contributed by atoms with Crippen LogP contribution in [0.2, 0.25) is 5.02 Å². The van der Waals surface area contributed by atoms with Crippen molar-refractivity contribution < 1.29 is 0 Å². The minimum Gasteiger partial charge on any atom is -0.356 e. The molecule has 0 atom stereocenters. The first kappa shape index (κ1) is 15.1. The molecule has 2 aromatic heterocycles. The van der Waals surface area contributed by atoms with Crippen LogP contribution < -0.4 is 4.90 Å². The van der Waals surface area contributed by atoms with Gasteiger partial charge in [-0.3, -0.25) is 4.98 Å². The van der Waals surface area contributed by atoms with Crippen molar-refractivity contribution in [1.82, 2.24) is 15.0 Å². The zero-order valence-corrected chi connectivity index (χ0v) is 13.9. The second-order valence-electron chi connectivity index (χ2n) is 5.88. The summed E-state index contributed by atoms with van der Waals surface area (Å²) in [5.41, 5.74) is 2.86. The number of hydrogen-bond acceptors (Lipinski definition) is 4. The summed E-state index contributed by atoms with van der Waals surface area (Å²) in [4.78, 5) is 16.0. The maximum Gasteiger partial charge on any atom is 0.163 e. The fraction of sp³-hybridized carbons (Fsp3) is 0.211. The number of aromatic nitrogens is 3. The molecule has 0 radical (unpaired) electrons. The summed E-state index contributed by atoms with van der Waals surface area (Å²) in [7, 11) is 0. The van der Waals surface area contributed by atoms with E-state index in [-0.39, 0.29) is 0 Å². The lowest BCUT2D eigenvalue weighted by Crippen LogP contribution is -2.19. The van der Waals surface area contributed by atoms with E-state index in [4.69, 9.17) is 21.6 Å². The second kappa shape index (κ2) is 6.57. The van der Waals surface area contributed by atoms with Crippen molar-refractivity contribution >= 4 is 17.4 Å². The molecule has 0 spiro atoms. The Morgan fingerprint density at radius 3 is 2.42 bits per heavy atom. The van der Waals surface area contributed by atoms with Gasteiger partial charge in [-0.05, 0) is 37.1 Å². The molecule has 1 saturated heterocycles. The number of rotatable bonds is 3. The first-order valence-electron chi connectivity index (χ1n) is 8.10. The van der Waals surface area contributed by atoms with Gasteiger partial charge in [-0.25, -0.2) is 9.97 Å². The van der Waals surface area contributed by atoms with E-state index in [1.807, 2.05) is 36.4 Å². The molecule has 0 aliphatic carbocycles. The third-order valence-electron chi connectivity index (χ3n) is 4.20. The Kier molecular flexibility index (Phi) is 4.13. The third kappa shape index (κ3) is 3.10. The Balaban J connectivity index is 1.83. The van der Waals surface area contributed by atoms with Gasteiger partial charge in [0.05, 0.1) is 5.69 Å². The molecular formula is C19H17ClN4. The van der Waals surface area contributed by atoms with Crippen LogP contribution in [0, 0.1) is 0 Å². The summed E-state index contributed by atoms with van der Waals surface area (Å²) in [5.74, 6) is 1.68. The van der Waals surface area contributed by atoms with Crippen molar-refractivity contribution in [1.29, 1.82) is 0 Å². The molecule has 0 amide bonds. The summed E-state index contributed by atoms with van der Waals surface area (Å²) in [6, 6.07) is 13.7. The molecule has 24 heavy (non-hydrogen) atoms. The van der Waals surface area contributed by atoms with Crippen LogP contribution in [0.3, 0.4) is 0 Å². The van der Waals surface area contributed by atoms with Crippen LogP contribution >= 0.6 is 11.6 Å². The van der Waals surface area contributed by atoms with E-state index in [1.165, 1.54) is 12.8 Å². The predicted octanol–water partition coefficient (Wildman–Crippen LogP) is 4.46. The maximum absolute atomic E-state index is 6.01. The molecule has 120 valence electrons. The van der Waals surface area contributed by atoms with Crippen LogP contribution in [0.4, 0.5) is 5.82 Å². The standard InChI is InChI=1S/C19H17ClN4/c20-16-7-5-14(6-8-16)17-12-18(24-10-1-2-11-24)23-19(22-17)15-4-3-9-21-13-15/h3-9,12-13H,1-2,10-11H2. The van der Waals surface area contributed by atoms with E-state index < -0.39 is 0 Å².